The molecule has 0 heterocycles. The maximum atomic E-state index is 5.57. The Labute approximate surface area is 240 Å². The van der Waals surface area contributed by atoms with Crippen molar-refractivity contribution in [3.05, 3.63) is 0 Å². The first-order chi connectivity index (χ1) is 18.2. The molecule has 0 amide bonds. The summed E-state index contributed by atoms with van der Waals surface area (Å²) >= 11 is 0. The van der Waals surface area contributed by atoms with Crippen LogP contribution in [0.1, 0.15) is 170 Å². The lowest BCUT2D eigenvalue weighted by molar-refractivity contribution is 0.485. The maximum absolute atomic E-state index is 5.57. The lowest BCUT2D eigenvalue weighted by Gasteiger charge is -2.43. The molecule has 0 aromatic rings. The molecular weight excluding hydrogens is 498 g/mol. The summed E-state index contributed by atoms with van der Waals surface area (Å²) in [4.78, 5) is 0. The molecule has 0 aromatic carbocycles. The SMILES string of the molecule is CC(C)(C)/C(=N\N=C(\P(C1CCCCC1)C1CCCCC1)C(C)(C)C)P(C1CCCCC1)C1CCCCC1. The largest absolute Gasteiger partial charge is 0.154 e. The summed E-state index contributed by atoms with van der Waals surface area (Å²) in [7, 11) is -0.426. The minimum atomic E-state index is -0.213. The van der Waals surface area contributed by atoms with Crippen molar-refractivity contribution >= 4 is 26.7 Å². The van der Waals surface area contributed by atoms with Crippen molar-refractivity contribution in [3.63, 3.8) is 0 Å². The van der Waals surface area contributed by atoms with E-state index >= 15 is 0 Å². The highest BCUT2D eigenvalue weighted by atomic mass is 31.1. The van der Waals surface area contributed by atoms with Gasteiger partial charge in [0.2, 0.25) is 0 Å². The van der Waals surface area contributed by atoms with Gasteiger partial charge in [0.25, 0.3) is 0 Å². The molecule has 0 bridgehead atoms. The Morgan fingerprint density at radius 2 is 0.605 bits per heavy atom. The lowest BCUT2D eigenvalue weighted by Crippen LogP contribution is -2.32. The monoisotopic (exact) mass is 560 g/mol. The molecule has 0 radical (unpaired) electrons. The van der Waals surface area contributed by atoms with E-state index < -0.39 is 0 Å². The van der Waals surface area contributed by atoms with Crippen LogP contribution in [0.2, 0.25) is 0 Å². The summed E-state index contributed by atoms with van der Waals surface area (Å²) in [5, 5.41) is 11.1. The van der Waals surface area contributed by atoms with Gasteiger partial charge >= 0.3 is 0 Å². The zero-order valence-electron chi connectivity index (χ0n) is 26.2. The van der Waals surface area contributed by atoms with Gasteiger partial charge in [-0.3, -0.25) is 0 Å². The maximum Gasteiger partial charge on any atom is 0.0692 e. The Balaban J connectivity index is 1.76. The fourth-order valence-electron chi connectivity index (χ4n) is 8.00. The lowest BCUT2D eigenvalue weighted by atomic mass is 9.98. The first kappa shape index (κ1) is 31.1. The average Bonchev–Trinajstić information content (AvgIpc) is 2.91. The van der Waals surface area contributed by atoms with Crippen molar-refractivity contribution in [3.8, 4) is 0 Å². The van der Waals surface area contributed by atoms with Crippen molar-refractivity contribution in [2.24, 2.45) is 21.0 Å². The van der Waals surface area contributed by atoms with Crippen molar-refractivity contribution < 1.29 is 0 Å². The van der Waals surface area contributed by atoms with Crippen molar-refractivity contribution in [1.82, 2.24) is 0 Å². The van der Waals surface area contributed by atoms with Gasteiger partial charge in [-0.05, 0) is 74.0 Å². The summed E-state index contributed by atoms with van der Waals surface area (Å²) in [6, 6.07) is 0. The van der Waals surface area contributed by atoms with E-state index in [0.717, 1.165) is 22.6 Å². The predicted octanol–water partition coefficient (Wildman–Crippen LogP) is 12.1. The van der Waals surface area contributed by atoms with Gasteiger partial charge in [0, 0.05) is 10.8 Å². The van der Waals surface area contributed by atoms with Gasteiger partial charge < -0.3 is 0 Å². The van der Waals surface area contributed by atoms with Crippen LogP contribution in [-0.2, 0) is 0 Å². The average molecular weight is 561 g/mol. The molecular formula is C34H62N2P2. The molecule has 0 aromatic heterocycles. The molecule has 4 fully saturated rings. The smallest absolute Gasteiger partial charge is 0.0692 e. The van der Waals surface area contributed by atoms with Crippen LogP contribution in [0.15, 0.2) is 10.2 Å². The van der Waals surface area contributed by atoms with Crippen LogP contribution in [0.25, 0.3) is 0 Å². The van der Waals surface area contributed by atoms with Gasteiger partial charge in [0.15, 0.2) is 0 Å². The number of nitrogens with zero attached hydrogens (tertiary/aromatic N) is 2. The molecule has 0 aliphatic heterocycles. The predicted molar refractivity (Wildman–Crippen MR) is 175 cm³/mol. The van der Waals surface area contributed by atoms with Crippen molar-refractivity contribution in [2.45, 2.75) is 193 Å². The molecule has 4 rings (SSSR count). The van der Waals surface area contributed by atoms with Crippen molar-refractivity contribution in [2.75, 3.05) is 0 Å². The minimum absolute atomic E-state index is 0.117. The van der Waals surface area contributed by atoms with E-state index in [0.29, 0.717) is 0 Å². The summed E-state index contributed by atoms with van der Waals surface area (Å²) in [5.74, 6) is 0. The van der Waals surface area contributed by atoms with Gasteiger partial charge in [-0.2, -0.15) is 10.2 Å². The third kappa shape index (κ3) is 8.37. The Bertz CT molecular complexity index is 663. The Hall–Kier alpha value is 0.200. The van der Waals surface area contributed by atoms with Crippen LogP contribution in [0, 0.1) is 10.8 Å². The molecule has 0 atom stereocenters. The third-order valence-electron chi connectivity index (χ3n) is 9.94. The fourth-order valence-corrected chi connectivity index (χ4v) is 16.1. The minimum Gasteiger partial charge on any atom is -0.154 e. The fraction of sp³-hybridized carbons (Fsp3) is 0.941. The van der Waals surface area contributed by atoms with Gasteiger partial charge in [-0.1, -0.05) is 134 Å². The molecule has 2 nitrogen and oxygen atoms in total. The second-order valence-electron chi connectivity index (χ2n) is 15.3. The highest BCUT2D eigenvalue weighted by Crippen LogP contribution is 2.62. The van der Waals surface area contributed by atoms with Crippen molar-refractivity contribution in [1.29, 1.82) is 0 Å². The van der Waals surface area contributed by atoms with Gasteiger partial charge in [-0.25, -0.2) is 0 Å². The van der Waals surface area contributed by atoms with Crippen LogP contribution < -0.4 is 0 Å². The van der Waals surface area contributed by atoms with Crippen LogP contribution in [0.4, 0.5) is 0 Å². The molecule has 0 spiro atoms. The van der Waals surface area contributed by atoms with Gasteiger partial charge in [0.05, 0.1) is 10.9 Å². The molecule has 4 heteroatoms. The Kier molecular flexibility index (Phi) is 11.8. The van der Waals surface area contributed by atoms with Crippen LogP contribution in [-0.4, -0.2) is 33.5 Å². The molecule has 4 saturated carbocycles. The molecule has 4 aliphatic rings. The molecule has 38 heavy (non-hydrogen) atoms. The second kappa shape index (κ2) is 14.4. The molecule has 0 saturated heterocycles. The normalized spacial score (nSPS) is 25.5. The van der Waals surface area contributed by atoms with E-state index in [9.17, 15) is 0 Å². The highest BCUT2D eigenvalue weighted by molar-refractivity contribution is 7.77. The highest BCUT2D eigenvalue weighted by Gasteiger charge is 2.41. The zero-order valence-corrected chi connectivity index (χ0v) is 28.0. The summed E-state index contributed by atoms with van der Waals surface area (Å²) in [6.07, 6.45) is 28.9. The van der Waals surface area contributed by atoms with Crippen LogP contribution in [0.5, 0.6) is 0 Å². The van der Waals surface area contributed by atoms with Crippen LogP contribution in [0.3, 0.4) is 0 Å². The second-order valence-corrected chi connectivity index (χ2v) is 20.7. The van der Waals surface area contributed by atoms with E-state index in [1.165, 1.54) is 139 Å². The first-order valence-corrected chi connectivity index (χ1v) is 19.9. The summed E-state index contributed by atoms with van der Waals surface area (Å²) in [5.41, 5.74) is 6.89. The van der Waals surface area contributed by atoms with Gasteiger partial charge in [-0.15, -0.1) is 0 Å². The van der Waals surface area contributed by atoms with Gasteiger partial charge in [0.1, 0.15) is 0 Å². The van der Waals surface area contributed by atoms with E-state index in [-0.39, 0.29) is 26.7 Å². The van der Waals surface area contributed by atoms with E-state index in [1.54, 1.807) is 0 Å². The third-order valence-corrected chi connectivity index (χ3v) is 17.7. The van der Waals surface area contributed by atoms with E-state index in [1.807, 2.05) is 0 Å². The Morgan fingerprint density at radius 3 is 0.789 bits per heavy atom. The Morgan fingerprint density at radius 1 is 0.395 bits per heavy atom. The molecule has 0 N–H and O–H groups in total. The molecule has 4 aliphatic carbocycles. The molecule has 218 valence electrons. The molecule has 0 unspecified atom stereocenters. The summed E-state index contributed by atoms with van der Waals surface area (Å²) < 4.78 is 0. The number of hydrogen-bond donors (Lipinski definition) is 0. The summed E-state index contributed by atoms with van der Waals surface area (Å²) in [6.45, 7) is 14.8. The number of hydrogen-bond acceptors (Lipinski definition) is 2. The topological polar surface area (TPSA) is 24.7 Å². The quantitative estimate of drug-likeness (QED) is 0.168. The standard InChI is InChI=1S/C34H62N2P2/c1-33(2,3)31(37(27-19-11-7-12-20-27)28-21-13-8-14-22-28)35-36-32(34(4,5)6)38(29-23-15-9-16-24-29)30-25-17-10-18-26-30/h27-30H,7-26H2,1-6H3/b35-31+,36-32+. The number of rotatable bonds is 7. The van der Waals surface area contributed by atoms with E-state index in [2.05, 4.69) is 41.5 Å². The van der Waals surface area contributed by atoms with Crippen LogP contribution >= 0.6 is 15.8 Å². The first-order valence-electron chi connectivity index (χ1n) is 16.9. The zero-order chi connectivity index (χ0) is 27.2. The van der Waals surface area contributed by atoms with E-state index in [4.69, 9.17) is 10.2 Å².